The van der Waals surface area contributed by atoms with Crippen molar-refractivity contribution in [2.75, 3.05) is 0 Å². The molecule has 2 N–H and O–H groups in total. The lowest BCUT2D eigenvalue weighted by Crippen LogP contribution is -2.44. The number of hydrogen-bond donors (Lipinski definition) is 2. The third-order valence-electron chi connectivity index (χ3n) is 3.29. The molecule has 20 heavy (non-hydrogen) atoms. The molecule has 1 amide bonds. The van der Waals surface area contributed by atoms with Crippen LogP contribution in [0, 0.1) is 12.3 Å². The van der Waals surface area contributed by atoms with E-state index in [9.17, 15) is 9.59 Å². The van der Waals surface area contributed by atoms with Crippen molar-refractivity contribution >= 4 is 23.2 Å². The van der Waals surface area contributed by atoms with Crippen molar-refractivity contribution in [2.45, 2.75) is 53.5 Å². The predicted octanol–water partition coefficient (Wildman–Crippen LogP) is 3.24. The standard InChI is InChI=1S/C15H23NO3S/c1-6-10-9(2)7-11(20-10)14(19)16-12(8-13(17)18)15(3,4)5/h7,12H,6,8H2,1-5H3,(H,16,19)(H,17,18). The van der Waals surface area contributed by atoms with Gasteiger partial charge in [-0.2, -0.15) is 0 Å². The molecule has 0 aliphatic carbocycles. The number of aryl methyl sites for hydroxylation is 2. The van der Waals surface area contributed by atoms with Gasteiger partial charge in [-0.15, -0.1) is 11.3 Å². The molecule has 0 aromatic carbocycles. The van der Waals surface area contributed by atoms with Gasteiger partial charge in [0.25, 0.3) is 5.91 Å². The number of carbonyl (C=O) groups is 2. The number of nitrogens with one attached hydrogen (secondary N) is 1. The molecule has 112 valence electrons. The molecule has 1 aromatic heterocycles. The van der Waals surface area contributed by atoms with Crippen LogP contribution in [0.15, 0.2) is 6.07 Å². The molecule has 4 nitrogen and oxygen atoms in total. The molecule has 0 fully saturated rings. The Morgan fingerprint density at radius 1 is 1.40 bits per heavy atom. The van der Waals surface area contributed by atoms with Crippen LogP contribution in [-0.2, 0) is 11.2 Å². The second-order valence-electron chi connectivity index (χ2n) is 6.06. The number of hydrogen-bond acceptors (Lipinski definition) is 3. The summed E-state index contributed by atoms with van der Waals surface area (Å²) < 4.78 is 0. The zero-order valence-corrected chi connectivity index (χ0v) is 13.6. The van der Waals surface area contributed by atoms with E-state index in [1.165, 1.54) is 16.2 Å². The van der Waals surface area contributed by atoms with Crippen molar-refractivity contribution in [2.24, 2.45) is 5.41 Å². The number of carboxylic acid groups (broad SMARTS) is 1. The number of rotatable bonds is 5. The highest BCUT2D eigenvalue weighted by atomic mass is 32.1. The highest BCUT2D eigenvalue weighted by Gasteiger charge is 2.29. The Balaban J connectivity index is 2.87. The largest absolute Gasteiger partial charge is 0.481 e. The SMILES string of the molecule is CCc1sc(C(=O)NC(CC(=O)O)C(C)(C)C)cc1C. The maximum absolute atomic E-state index is 12.3. The monoisotopic (exact) mass is 297 g/mol. The van der Waals surface area contributed by atoms with Gasteiger partial charge in [0, 0.05) is 10.9 Å². The number of aliphatic carboxylic acids is 1. The molecule has 0 spiro atoms. The second-order valence-corrected chi connectivity index (χ2v) is 7.20. The van der Waals surface area contributed by atoms with Gasteiger partial charge < -0.3 is 10.4 Å². The summed E-state index contributed by atoms with van der Waals surface area (Å²) in [5, 5.41) is 11.8. The fourth-order valence-electron chi connectivity index (χ4n) is 1.96. The Bertz CT molecular complexity index is 500. The third kappa shape index (κ3) is 4.34. The summed E-state index contributed by atoms with van der Waals surface area (Å²) in [6.07, 6.45) is 0.835. The zero-order valence-electron chi connectivity index (χ0n) is 12.7. The summed E-state index contributed by atoms with van der Waals surface area (Å²) in [5.74, 6) is -1.08. The van der Waals surface area contributed by atoms with Crippen LogP contribution in [0.2, 0.25) is 0 Å². The Morgan fingerprint density at radius 3 is 2.40 bits per heavy atom. The van der Waals surface area contributed by atoms with E-state index in [4.69, 9.17) is 5.11 Å². The maximum atomic E-state index is 12.3. The Labute approximate surface area is 124 Å². The van der Waals surface area contributed by atoms with Crippen LogP contribution < -0.4 is 5.32 Å². The minimum atomic E-state index is -0.901. The lowest BCUT2D eigenvalue weighted by Gasteiger charge is -2.30. The molecule has 0 aliphatic heterocycles. The summed E-state index contributed by atoms with van der Waals surface area (Å²) in [6, 6.07) is 1.49. The lowest BCUT2D eigenvalue weighted by atomic mass is 9.84. The van der Waals surface area contributed by atoms with Crippen LogP contribution in [0.4, 0.5) is 0 Å². The molecule has 0 radical (unpaired) electrons. The van der Waals surface area contributed by atoms with E-state index >= 15 is 0 Å². The summed E-state index contributed by atoms with van der Waals surface area (Å²) >= 11 is 1.48. The van der Waals surface area contributed by atoms with Gasteiger partial charge in [0.05, 0.1) is 11.3 Å². The minimum Gasteiger partial charge on any atom is -0.481 e. The first kappa shape index (κ1) is 16.7. The summed E-state index contributed by atoms with van der Waals surface area (Å²) in [5.41, 5.74) is 0.821. The van der Waals surface area contributed by atoms with Crippen LogP contribution >= 0.6 is 11.3 Å². The van der Waals surface area contributed by atoms with E-state index in [1.807, 2.05) is 33.8 Å². The quantitative estimate of drug-likeness (QED) is 0.877. The molecular formula is C15H23NO3S. The maximum Gasteiger partial charge on any atom is 0.305 e. The highest BCUT2D eigenvalue weighted by molar-refractivity contribution is 7.14. The van der Waals surface area contributed by atoms with Crippen molar-refractivity contribution in [1.29, 1.82) is 0 Å². The number of amides is 1. The average molecular weight is 297 g/mol. The van der Waals surface area contributed by atoms with E-state index in [0.29, 0.717) is 4.88 Å². The fourth-order valence-corrected chi connectivity index (χ4v) is 2.98. The van der Waals surface area contributed by atoms with Crippen molar-refractivity contribution in [1.82, 2.24) is 5.32 Å². The summed E-state index contributed by atoms with van der Waals surface area (Å²) in [4.78, 5) is 25.0. The number of carboxylic acids is 1. The van der Waals surface area contributed by atoms with Gasteiger partial charge in [-0.05, 0) is 30.4 Å². The second kappa shape index (κ2) is 6.39. The zero-order chi connectivity index (χ0) is 15.5. The Hall–Kier alpha value is -1.36. The van der Waals surface area contributed by atoms with E-state index in [0.717, 1.165) is 12.0 Å². The minimum absolute atomic E-state index is 0.0692. The van der Waals surface area contributed by atoms with Gasteiger partial charge in [-0.3, -0.25) is 9.59 Å². The smallest absolute Gasteiger partial charge is 0.305 e. The molecule has 0 aliphatic rings. The number of thiophene rings is 1. The molecule has 0 saturated carbocycles. The van der Waals surface area contributed by atoms with Crippen molar-refractivity contribution < 1.29 is 14.7 Å². The van der Waals surface area contributed by atoms with E-state index in [2.05, 4.69) is 12.2 Å². The van der Waals surface area contributed by atoms with Crippen molar-refractivity contribution in [3.63, 3.8) is 0 Å². The average Bonchev–Trinajstić information content (AvgIpc) is 2.68. The van der Waals surface area contributed by atoms with Gasteiger partial charge >= 0.3 is 5.97 Å². The van der Waals surface area contributed by atoms with Gasteiger partial charge in [-0.25, -0.2) is 0 Å². The van der Waals surface area contributed by atoms with Crippen molar-refractivity contribution in [3.05, 3.63) is 21.4 Å². The van der Waals surface area contributed by atoms with Gasteiger partial charge in [0.2, 0.25) is 0 Å². The normalized spacial score (nSPS) is 13.1. The highest BCUT2D eigenvalue weighted by Crippen LogP contribution is 2.25. The first-order chi connectivity index (χ1) is 9.15. The predicted molar refractivity (Wildman–Crippen MR) is 81.4 cm³/mol. The fraction of sp³-hybridized carbons (Fsp3) is 0.600. The Kier molecular flexibility index (Phi) is 5.34. The van der Waals surface area contributed by atoms with Gasteiger partial charge in [0.1, 0.15) is 0 Å². The molecule has 1 heterocycles. The lowest BCUT2D eigenvalue weighted by molar-refractivity contribution is -0.138. The van der Waals surface area contributed by atoms with Crippen LogP contribution in [-0.4, -0.2) is 23.0 Å². The van der Waals surface area contributed by atoms with E-state index in [-0.39, 0.29) is 23.8 Å². The molecule has 1 rings (SSSR count). The van der Waals surface area contributed by atoms with Crippen LogP contribution in [0.3, 0.4) is 0 Å². The van der Waals surface area contributed by atoms with Crippen molar-refractivity contribution in [3.8, 4) is 0 Å². The first-order valence-corrected chi connectivity index (χ1v) is 7.58. The molecule has 0 bridgehead atoms. The molecule has 0 saturated heterocycles. The third-order valence-corrected chi connectivity index (χ3v) is 4.68. The molecule has 5 heteroatoms. The Morgan fingerprint density at radius 2 is 2.00 bits per heavy atom. The van der Waals surface area contributed by atoms with Crippen LogP contribution in [0.5, 0.6) is 0 Å². The molecule has 1 atom stereocenters. The molecular weight excluding hydrogens is 274 g/mol. The molecule has 1 unspecified atom stereocenters. The number of carbonyl (C=O) groups excluding carboxylic acids is 1. The first-order valence-electron chi connectivity index (χ1n) is 6.77. The summed E-state index contributed by atoms with van der Waals surface area (Å²) in [6.45, 7) is 9.83. The van der Waals surface area contributed by atoms with Gasteiger partial charge in [0.15, 0.2) is 0 Å². The summed E-state index contributed by atoms with van der Waals surface area (Å²) in [7, 11) is 0. The van der Waals surface area contributed by atoms with Gasteiger partial charge in [-0.1, -0.05) is 27.7 Å². The molecule has 1 aromatic rings. The van der Waals surface area contributed by atoms with E-state index in [1.54, 1.807) is 0 Å². The van der Waals surface area contributed by atoms with Crippen LogP contribution in [0.25, 0.3) is 0 Å². The topological polar surface area (TPSA) is 66.4 Å². The van der Waals surface area contributed by atoms with E-state index < -0.39 is 5.97 Å². The van der Waals surface area contributed by atoms with Crippen LogP contribution in [0.1, 0.15) is 54.2 Å².